The fourth-order valence-electron chi connectivity index (χ4n) is 12.0. The first-order valence-corrected chi connectivity index (χ1v) is 38.4. The average Bonchev–Trinajstić information content (AvgIpc) is 3.51. The number of allylic oxidation sites excluding steroid dienone is 8. The standard InChI is InChI=1S/C79H149NO5/c1-3-5-7-9-11-13-15-17-19-21-23-24-25-27-30-33-36-39-43-47-51-55-59-63-67-71-77(82)76(75-81)80-78(83)72-68-64-60-56-52-48-44-40-37-34-31-28-26-29-32-35-38-42-46-50-54-58-62-66-70-74-85-79(84)73-69-65-61-57-53-49-45-41-22-20-18-16-14-12-10-8-6-4-2/h14,16,20,22,28-29,31-32,76-77,81-82H,3-13,15,17-19,21,23-27,30,33-75H2,1-2H3,(H,80,83)/b16-14-,22-20-,31-28-,32-29-. The summed E-state index contributed by atoms with van der Waals surface area (Å²) in [6.45, 7) is 4.96. The number of hydrogen-bond donors (Lipinski definition) is 3. The third kappa shape index (κ3) is 70.8. The van der Waals surface area contributed by atoms with Crippen molar-refractivity contribution in [3.05, 3.63) is 48.6 Å². The van der Waals surface area contributed by atoms with E-state index < -0.39 is 12.1 Å². The van der Waals surface area contributed by atoms with Crippen molar-refractivity contribution < 1.29 is 24.5 Å². The maximum atomic E-state index is 12.6. The van der Waals surface area contributed by atoms with E-state index in [2.05, 4.69) is 67.8 Å². The highest BCUT2D eigenvalue weighted by molar-refractivity contribution is 5.76. The summed E-state index contributed by atoms with van der Waals surface area (Å²) < 4.78 is 5.50. The monoisotopic (exact) mass is 1190 g/mol. The topological polar surface area (TPSA) is 95.9 Å². The molecule has 0 aromatic heterocycles. The second-order valence-electron chi connectivity index (χ2n) is 26.3. The van der Waals surface area contributed by atoms with Crippen molar-refractivity contribution in [3.8, 4) is 0 Å². The third-order valence-electron chi connectivity index (χ3n) is 17.9. The van der Waals surface area contributed by atoms with Crippen LogP contribution in [0.5, 0.6) is 0 Å². The number of unbranched alkanes of at least 4 members (excludes halogenated alkanes) is 53. The van der Waals surface area contributed by atoms with E-state index in [4.69, 9.17) is 4.74 Å². The van der Waals surface area contributed by atoms with Crippen LogP contribution in [0.2, 0.25) is 0 Å². The molecule has 0 aliphatic heterocycles. The molecule has 6 heteroatoms. The van der Waals surface area contributed by atoms with Crippen molar-refractivity contribution in [3.63, 3.8) is 0 Å². The molecule has 0 rings (SSSR count). The van der Waals surface area contributed by atoms with Crippen LogP contribution in [-0.4, -0.2) is 47.4 Å². The summed E-state index contributed by atoms with van der Waals surface area (Å²) in [7, 11) is 0. The molecule has 0 radical (unpaired) electrons. The van der Waals surface area contributed by atoms with Gasteiger partial charge in [0.1, 0.15) is 0 Å². The fourth-order valence-corrected chi connectivity index (χ4v) is 12.0. The van der Waals surface area contributed by atoms with Crippen LogP contribution in [0.4, 0.5) is 0 Å². The number of amides is 1. The first-order chi connectivity index (χ1) is 42.0. The van der Waals surface area contributed by atoms with Gasteiger partial charge >= 0.3 is 5.97 Å². The summed E-state index contributed by atoms with van der Waals surface area (Å²) in [5, 5.41) is 23.5. The predicted octanol–water partition coefficient (Wildman–Crippen LogP) is 25.2. The molecule has 0 spiro atoms. The molecule has 0 aliphatic carbocycles. The number of carbonyl (C=O) groups excluding carboxylic acids is 2. The van der Waals surface area contributed by atoms with Gasteiger partial charge in [-0.3, -0.25) is 9.59 Å². The molecular formula is C79H149NO5. The Morgan fingerprint density at radius 3 is 0.906 bits per heavy atom. The number of esters is 1. The molecule has 0 aromatic carbocycles. The summed E-state index contributed by atoms with van der Waals surface area (Å²) in [6.07, 6.45) is 97.5. The Morgan fingerprint density at radius 2 is 0.588 bits per heavy atom. The number of aliphatic hydroxyl groups is 2. The Balaban J connectivity index is 3.43. The Bertz CT molecular complexity index is 1420. The van der Waals surface area contributed by atoms with E-state index in [0.29, 0.717) is 25.9 Å². The highest BCUT2D eigenvalue weighted by Crippen LogP contribution is 2.19. The lowest BCUT2D eigenvalue weighted by Crippen LogP contribution is -2.45. The predicted molar refractivity (Wildman–Crippen MR) is 375 cm³/mol. The van der Waals surface area contributed by atoms with Crippen LogP contribution in [-0.2, 0) is 14.3 Å². The van der Waals surface area contributed by atoms with Crippen LogP contribution in [0.1, 0.15) is 418 Å². The van der Waals surface area contributed by atoms with Crippen LogP contribution in [0.25, 0.3) is 0 Å². The molecule has 6 nitrogen and oxygen atoms in total. The van der Waals surface area contributed by atoms with E-state index in [0.717, 1.165) is 57.8 Å². The van der Waals surface area contributed by atoms with Crippen LogP contribution in [0, 0.1) is 0 Å². The number of rotatable bonds is 72. The molecule has 500 valence electrons. The molecule has 0 aromatic rings. The minimum Gasteiger partial charge on any atom is -0.466 e. The average molecular weight is 1190 g/mol. The summed E-state index contributed by atoms with van der Waals surface area (Å²) in [5.74, 6) is -0.0345. The second-order valence-corrected chi connectivity index (χ2v) is 26.3. The second kappa shape index (κ2) is 74.3. The maximum absolute atomic E-state index is 12.6. The largest absolute Gasteiger partial charge is 0.466 e. The van der Waals surface area contributed by atoms with Crippen molar-refractivity contribution in [2.75, 3.05) is 13.2 Å². The molecule has 0 fully saturated rings. The summed E-state index contributed by atoms with van der Waals surface area (Å²) >= 11 is 0. The van der Waals surface area contributed by atoms with Gasteiger partial charge in [-0.25, -0.2) is 0 Å². The van der Waals surface area contributed by atoms with Gasteiger partial charge in [0.2, 0.25) is 5.91 Å². The van der Waals surface area contributed by atoms with Crippen LogP contribution in [0.15, 0.2) is 48.6 Å². The minimum atomic E-state index is -0.671. The van der Waals surface area contributed by atoms with E-state index in [1.807, 2.05) is 0 Å². The van der Waals surface area contributed by atoms with Gasteiger partial charge < -0.3 is 20.3 Å². The Kier molecular flexibility index (Phi) is 72.4. The molecule has 0 saturated carbocycles. The van der Waals surface area contributed by atoms with E-state index >= 15 is 0 Å². The van der Waals surface area contributed by atoms with Gasteiger partial charge in [-0.1, -0.05) is 364 Å². The lowest BCUT2D eigenvalue weighted by Gasteiger charge is -2.22. The Hall–Kier alpha value is -2.18. The van der Waals surface area contributed by atoms with Crippen molar-refractivity contribution in [1.82, 2.24) is 5.32 Å². The Morgan fingerprint density at radius 1 is 0.329 bits per heavy atom. The number of aliphatic hydroxyl groups excluding tert-OH is 2. The van der Waals surface area contributed by atoms with E-state index in [-0.39, 0.29) is 18.5 Å². The normalized spacial score (nSPS) is 12.8. The first-order valence-electron chi connectivity index (χ1n) is 38.4. The maximum Gasteiger partial charge on any atom is 0.305 e. The van der Waals surface area contributed by atoms with E-state index in [9.17, 15) is 19.8 Å². The van der Waals surface area contributed by atoms with E-state index in [1.54, 1.807) is 0 Å². The zero-order chi connectivity index (χ0) is 61.3. The van der Waals surface area contributed by atoms with Crippen LogP contribution < -0.4 is 5.32 Å². The molecule has 2 unspecified atom stereocenters. The van der Waals surface area contributed by atoms with Crippen molar-refractivity contribution in [1.29, 1.82) is 0 Å². The van der Waals surface area contributed by atoms with Gasteiger partial charge in [0, 0.05) is 12.8 Å². The number of carbonyl (C=O) groups is 2. The van der Waals surface area contributed by atoms with Gasteiger partial charge in [0.05, 0.1) is 25.4 Å². The number of ether oxygens (including phenoxy) is 1. The quantitative estimate of drug-likeness (QED) is 0.0320. The van der Waals surface area contributed by atoms with Gasteiger partial charge in [0.25, 0.3) is 0 Å². The molecule has 2 atom stereocenters. The SMILES string of the molecule is CCCCCC/C=C\C/C=C\CCCCCCCCCC(=O)OCCCCCCCCCCC/C=C\C/C=C\CCCCCCCCCCCC(=O)NC(CO)C(O)CCCCCCCCCCCCCCCCCCCCCCCCCCC. The zero-order valence-corrected chi connectivity index (χ0v) is 57.4. The lowest BCUT2D eigenvalue weighted by atomic mass is 10.0. The van der Waals surface area contributed by atoms with E-state index in [1.165, 1.54) is 327 Å². The molecule has 0 bridgehead atoms. The molecule has 0 saturated heterocycles. The smallest absolute Gasteiger partial charge is 0.305 e. The summed E-state index contributed by atoms with van der Waals surface area (Å²) in [4.78, 5) is 24.7. The molecule has 3 N–H and O–H groups in total. The Labute approximate surface area is 531 Å². The highest BCUT2D eigenvalue weighted by atomic mass is 16.5. The molecule has 85 heavy (non-hydrogen) atoms. The van der Waals surface area contributed by atoms with Gasteiger partial charge in [-0.15, -0.1) is 0 Å². The van der Waals surface area contributed by atoms with Crippen molar-refractivity contribution in [2.24, 2.45) is 0 Å². The number of hydrogen-bond acceptors (Lipinski definition) is 5. The fraction of sp³-hybridized carbons (Fsp3) is 0.873. The van der Waals surface area contributed by atoms with Crippen LogP contribution in [0.3, 0.4) is 0 Å². The molecular weight excluding hydrogens is 1040 g/mol. The van der Waals surface area contributed by atoms with Gasteiger partial charge in [-0.05, 0) is 89.9 Å². The zero-order valence-electron chi connectivity index (χ0n) is 57.4. The molecule has 0 aliphatic rings. The lowest BCUT2D eigenvalue weighted by molar-refractivity contribution is -0.143. The third-order valence-corrected chi connectivity index (χ3v) is 17.9. The van der Waals surface area contributed by atoms with Crippen molar-refractivity contribution >= 4 is 11.9 Å². The van der Waals surface area contributed by atoms with Crippen LogP contribution >= 0.6 is 0 Å². The summed E-state index contributed by atoms with van der Waals surface area (Å²) in [6, 6.07) is -0.549. The highest BCUT2D eigenvalue weighted by Gasteiger charge is 2.20. The minimum absolute atomic E-state index is 0.00231. The number of nitrogens with one attached hydrogen (secondary N) is 1. The molecule has 1 amide bonds. The van der Waals surface area contributed by atoms with Gasteiger partial charge in [0.15, 0.2) is 0 Å². The summed E-state index contributed by atoms with van der Waals surface area (Å²) in [5.41, 5.74) is 0. The van der Waals surface area contributed by atoms with Gasteiger partial charge in [-0.2, -0.15) is 0 Å². The van der Waals surface area contributed by atoms with Crippen molar-refractivity contribution in [2.45, 2.75) is 431 Å². The first kappa shape index (κ1) is 82.8. The molecule has 0 heterocycles.